The van der Waals surface area contributed by atoms with Crippen LogP contribution in [0.5, 0.6) is 0 Å². The molecule has 1 amide bonds. The Morgan fingerprint density at radius 3 is 2.25 bits per heavy atom. The summed E-state index contributed by atoms with van der Waals surface area (Å²) < 4.78 is 5.11. The van der Waals surface area contributed by atoms with Crippen molar-refractivity contribution in [2.24, 2.45) is 0 Å². The fraction of sp³-hybridized carbons (Fsp3) is 0.833. The summed E-state index contributed by atoms with van der Waals surface area (Å²) in [5, 5.41) is 2.61. The number of amides is 1. The Labute approximate surface area is 97.7 Å². The molecule has 0 bridgehead atoms. The molecule has 0 aromatic carbocycles. The standard InChI is InChI=1S/C12H23NO3/c1-6-7-8-12(5,9-14)13-10(15)16-11(2,3)4/h9H,6-8H2,1-5H3,(H,13,15). The Balaban J connectivity index is 4.31. The predicted molar refractivity (Wildman–Crippen MR) is 63.4 cm³/mol. The molecule has 0 rings (SSSR count). The lowest BCUT2D eigenvalue weighted by Gasteiger charge is -2.27. The summed E-state index contributed by atoms with van der Waals surface area (Å²) in [6.07, 6.45) is 2.74. The lowest BCUT2D eigenvalue weighted by Crippen LogP contribution is -2.49. The molecule has 0 saturated heterocycles. The maximum absolute atomic E-state index is 11.5. The molecule has 4 nitrogen and oxygen atoms in total. The van der Waals surface area contributed by atoms with Gasteiger partial charge < -0.3 is 14.8 Å². The molecule has 0 fully saturated rings. The summed E-state index contributed by atoms with van der Waals surface area (Å²) in [7, 11) is 0. The van der Waals surface area contributed by atoms with Crippen molar-refractivity contribution in [3.05, 3.63) is 0 Å². The Kier molecular flexibility index (Phi) is 5.48. The van der Waals surface area contributed by atoms with Gasteiger partial charge in [0.25, 0.3) is 0 Å². The number of carbonyl (C=O) groups excluding carboxylic acids is 2. The first kappa shape index (κ1) is 14.9. The Morgan fingerprint density at radius 2 is 1.88 bits per heavy atom. The second-order valence-electron chi connectivity index (χ2n) is 5.27. The van der Waals surface area contributed by atoms with Crippen molar-refractivity contribution in [1.82, 2.24) is 5.32 Å². The van der Waals surface area contributed by atoms with Gasteiger partial charge in [0, 0.05) is 0 Å². The van der Waals surface area contributed by atoms with E-state index in [1.807, 2.05) is 6.92 Å². The van der Waals surface area contributed by atoms with E-state index in [1.165, 1.54) is 0 Å². The first-order chi connectivity index (χ1) is 7.22. The summed E-state index contributed by atoms with van der Waals surface area (Å²) in [5.41, 5.74) is -1.36. The van der Waals surface area contributed by atoms with E-state index in [0.29, 0.717) is 6.42 Å². The van der Waals surface area contributed by atoms with Gasteiger partial charge in [-0.15, -0.1) is 0 Å². The number of aldehydes is 1. The third-order valence-corrected chi connectivity index (χ3v) is 2.10. The van der Waals surface area contributed by atoms with E-state index in [2.05, 4.69) is 5.32 Å². The molecule has 0 aromatic rings. The lowest BCUT2D eigenvalue weighted by molar-refractivity contribution is -0.113. The fourth-order valence-electron chi connectivity index (χ4n) is 1.23. The average molecular weight is 229 g/mol. The van der Waals surface area contributed by atoms with E-state index >= 15 is 0 Å². The van der Waals surface area contributed by atoms with Crippen LogP contribution in [0.15, 0.2) is 0 Å². The zero-order chi connectivity index (χ0) is 12.8. The summed E-state index contributed by atoms with van der Waals surface area (Å²) in [6.45, 7) is 9.11. The van der Waals surface area contributed by atoms with Gasteiger partial charge in [-0.05, 0) is 34.1 Å². The van der Waals surface area contributed by atoms with Crippen LogP contribution < -0.4 is 5.32 Å². The molecule has 0 saturated carbocycles. The molecule has 1 unspecified atom stereocenters. The van der Waals surface area contributed by atoms with Crippen molar-refractivity contribution in [2.75, 3.05) is 0 Å². The molecule has 1 atom stereocenters. The maximum Gasteiger partial charge on any atom is 0.408 e. The molecule has 0 aliphatic rings. The maximum atomic E-state index is 11.5. The molecule has 1 N–H and O–H groups in total. The van der Waals surface area contributed by atoms with E-state index in [1.54, 1.807) is 27.7 Å². The van der Waals surface area contributed by atoms with Crippen molar-refractivity contribution < 1.29 is 14.3 Å². The third kappa shape index (κ3) is 6.43. The van der Waals surface area contributed by atoms with Gasteiger partial charge in [-0.3, -0.25) is 0 Å². The summed E-state index contributed by atoms with van der Waals surface area (Å²) in [6, 6.07) is 0. The number of rotatable bonds is 5. The highest BCUT2D eigenvalue weighted by molar-refractivity contribution is 5.76. The minimum atomic E-state index is -0.821. The van der Waals surface area contributed by atoms with Crippen LogP contribution in [0.4, 0.5) is 4.79 Å². The molecule has 0 heterocycles. The van der Waals surface area contributed by atoms with Gasteiger partial charge in [0.15, 0.2) is 0 Å². The number of unbranched alkanes of at least 4 members (excludes halogenated alkanes) is 1. The van der Waals surface area contributed by atoms with E-state index in [-0.39, 0.29) is 0 Å². The van der Waals surface area contributed by atoms with Crippen molar-refractivity contribution in [1.29, 1.82) is 0 Å². The van der Waals surface area contributed by atoms with E-state index in [0.717, 1.165) is 19.1 Å². The normalized spacial score (nSPS) is 15.1. The van der Waals surface area contributed by atoms with Gasteiger partial charge in [-0.2, -0.15) is 0 Å². The molecule has 0 aliphatic carbocycles. The Morgan fingerprint density at radius 1 is 1.31 bits per heavy atom. The molecule has 0 radical (unpaired) electrons. The lowest BCUT2D eigenvalue weighted by atomic mass is 9.97. The van der Waals surface area contributed by atoms with Crippen LogP contribution in [-0.4, -0.2) is 23.5 Å². The molecule has 0 aliphatic heterocycles. The monoisotopic (exact) mass is 229 g/mol. The van der Waals surface area contributed by atoms with Crippen molar-refractivity contribution in [3.63, 3.8) is 0 Å². The summed E-state index contributed by atoms with van der Waals surface area (Å²) in [4.78, 5) is 22.5. The van der Waals surface area contributed by atoms with Crippen molar-refractivity contribution in [3.8, 4) is 0 Å². The van der Waals surface area contributed by atoms with Crippen molar-refractivity contribution in [2.45, 2.75) is 65.0 Å². The largest absolute Gasteiger partial charge is 0.444 e. The molecular formula is C12H23NO3. The second kappa shape index (κ2) is 5.87. The minimum Gasteiger partial charge on any atom is -0.444 e. The Bertz CT molecular complexity index is 245. The number of alkyl carbamates (subject to hydrolysis) is 1. The van der Waals surface area contributed by atoms with Gasteiger partial charge in [-0.25, -0.2) is 4.79 Å². The first-order valence-electron chi connectivity index (χ1n) is 5.70. The van der Waals surface area contributed by atoms with Gasteiger partial charge in [0.2, 0.25) is 0 Å². The quantitative estimate of drug-likeness (QED) is 0.737. The number of hydrogen-bond acceptors (Lipinski definition) is 3. The zero-order valence-corrected chi connectivity index (χ0v) is 10.9. The van der Waals surface area contributed by atoms with Gasteiger partial charge in [0.1, 0.15) is 11.9 Å². The summed E-state index contributed by atoms with van der Waals surface area (Å²) in [5.74, 6) is 0. The fourth-order valence-corrected chi connectivity index (χ4v) is 1.23. The van der Waals surface area contributed by atoms with Crippen LogP contribution >= 0.6 is 0 Å². The Hall–Kier alpha value is -1.06. The van der Waals surface area contributed by atoms with E-state index < -0.39 is 17.2 Å². The number of ether oxygens (including phenoxy) is 1. The van der Waals surface area contributed by atoms with Gasteiger partial charge in [0.05, 0.1) is 5.54 Å². The van der Waals surface area contributed by atoms with Crippen LogP contribution in [0.1, 0.15) is 53.9 Å². The SMILES string of the molecule is CCCCC(C)(C=O)NC(=O)OC(C)(C)C. The average Bonchev–Trinajstić information content (AvgIpc) is 2.11. The summed E-state index contributed by atoms with van der Waals surface area (Å²) >= 11 is 0. The van der Waals surface area contributed by atoms with Crippen LogP contribution in [0.2, 0.25) is 0 Å². The van der Waals surface area contributed by atoms with Crippen LogP contribution in [0.3, 0.4) is 0 Å². The first-order valence-corrected chi connectivity index (χ1v) is 5.70. The second-order valence-corrected chi connectivity index (χ2v) is 5.27. The highest BCUT2D eigenvalue weighted by Gasteiger charge is 2.27. The van der Waals surface area contributed by atoms with E-state index in [4.69, 9.17) is 4.74 Å². The minimum absolute atomic E-state index is 0.543. The molecular weight excluding hydrogens is 206 g/mol. The molecule has 0 spiro atoms. The molecule has 0 aromatic heterocycles. The van der Waals surface area contributed by atoms with Gasteiger partial charge >= 0.3 is 6.09 Å². The predicted octanol–water partition coefficient (Wildman–Crippen LogP) is 2.66. The number of carbonyl (C=O) groups is 2. The van der Waals surface area contributed by atoms with Gasteiger partial charge in [-0.1, -0.05) is 19.8 Å². The van der Waals surface area contributed by atoms with Crippen molar-refractivity contribution >= 4 is 12.4 Å². The number of hydrogen-bond donors (Lipinski definition) is 1. The topological polar surface area (TPSA) is 55.4 Å². The zero-order valence-electron chi connectivity index (χ0n) is 10.9. The van der Waals surface area contributed by atoms with Crippen LogP contribution in [-0.2, 0) is 9.53 Å². The highest BCUT2D eigenvalue weighted by Crippen LogP contribution is 2.13. The highest BCUT2D eigenvalue weighted by atomic mass is 16.6. The van der Waals surface area contributed by atoms with Crippen LogP contribution in [0, 0.1) is 0 Å². The smallest absolute Gasteiger partial charge is 0.408 e. The number of nitrogens with one attached hydrogen (secondary N) is 1. The molecule has 94 valence electrons. The third-order valence-electron chi connectivity index (χ3n) is 2.10. The molecule has 4 heteroatoms. The van der Waals surface area contributed by atoms with Crippen LogP contribution in [0.25, 0.3) is 0 Å². The van der Waals surface area contributed by atoms with E-state index in [9.17, 15) is 9.59 Å². The molecule has 16 heavy (non-hydrogen) atoms.